The molecule has 0 spiro atoms. The summed E-state index contributed by atoms with van der Waals surface area (Å²) >= 11 is 0. The highest BCUT2D eigenvalue weighted by Gasteiger charge is 2.32. The van der Waals surface area contributed by atoms with Crippen molar-refractivity contribution in [2.24, 2.45) is 0 Å². The molecule has 0 radical (unpaired) electrons. The Balaban J connectivity index is 1.15. The molecule has 3 aromatic carbocycles. The molecule has 39 heavy (non-hydrogen) atoms. The number of phenolic OH excluding ortho intramolecular Hbond substituents is 1. The van der Waals surface area contributed by atoms with Crippen LogP contribution < -0.4 is 23.7 Å². The van der Waals surface area contributed by atoms with Crippen LogP contribution >= 0.6 is 0 Å². The van der Waals surface area contributed by atoms with Crippen molar-refractivity contribution in [1.29, 1.82) is 0 Å². The fourth-order valence-electron chi connectivity index (χ4n) is 5.17. The second-order valence-electron chi connectivity index (χ2n) is 9.73. The predicted octanol–water partition coefficient (Wildman–Crippen LogP) is 4.07. The van der Waals surface area contributed by atoms with Gasteiger partial charge in [-0.15, -0.1) is 0 Å². The van der Waals surface area contributed by atoms with Gasteiger partial charge in [0, 0.05) is 44.8 Å². The van der Waals surface area contributed by atoms with Crippen molar-refractivity contribution in [2.75, 3.05) is 47.2 Å². The average molecular weight is 531 g/mol. The fourth-order valence-corrected chi connectivity index (χ4v) is 5.17. The molecule has 0 aliphatic carbocycles. The van der Waals surface area contributed by atoms with Crippen molar-refractivity contribution >= 4 is 11.9 Å². The number of piperazine rings is 1. The number of fused-ring (bicyclic) bond motifs is 2. The number of allylic oxidation sites excluding steroid dienone is 1. The van der Waals surface area contributed by atoms with Crippen LogP contribution in [-0.2, 0) is 13.1 Å². The Hall–Kier alpha value is -4.21. The van der Waals surface area contributed by atoms with Crippen LogP contribution in [0.2, 0.25) is 0 Å². The van der Waals surface area contributed by atoms with E-state index in [-0.39, 0.29) is 24.1 Å². The molecule has 1 fully saturated rings. The highest BCUT2D eigenvalue weighted by atomic mass is 16.7. The van der Waals surface area contributed by atoms with Crippen LogP contribution in [0, 0.1) is 0 Å². The SMILES string of the molecule is COc1ccc(OC)c(/C=C2\Oc3c(ccc(O)c3CN3CCN(Cc4ccc5c(c4)OCO5)CC3)C2=O)c1. The molecule has 9 heteroatoms. The minimum Gasteiger partial charge on any atom is -0.507 e. The first-order valence-electron chi connectivity index (χ1n) is 12.9. The number of aromatic hydroxyl groups is 1. The third kappa shape index (κ3) is 4.98. The number of nitrogens with zero attached hydrogens (tertiary/aromatic N) is 2. The molecule has 0 unspecified atom stereocenters. The first-order valence-corrected chi connectivity index (χ1v) is 12.9. The maximum atomic E-state index is 13.2. The van der Waals surface area contributed by atoms with Gasteiger partial charge < -0.3 is 28.8 Å². The Morgan fingerprint density at radius 3 is 2.44 bits per heavy atom. The van der Waals surface area contributed by atoms with Crippen molar-refractivity contribution in [3.8, 4) is 34.5 Å². The van der Waals surface area contributed by atoms with Crippen molar-refractivity contribution in [2.45, 2.75) is 13.1 Å². The monoisotopic (exact) mass is 530 g/mol. The number of carbonyl (C=O) groups excluding carboxylic acids is 1. The standard InChI is InChI=1S/C30H30N2O7/c1-35-21-4-8-25(36-2)20(14-21)15-28-29(34)22-5-6-24(33)23(30(22)39-28)17-32-11-9-31(10-12-32)16-19-3-7-26-27(13-19)38-18-37-26/h3-8,13-15,33H,9-12,16-18H2,1-2H3/b28-15-. The Morgan fingerprint density at radius 2 is 1.67 bits per heavy atom. The molecule has 0 bridgehead atoms. The molecular weight excluding hydrogens is 500 g/mol. The van der Waals surface area contributed by atoms with Crippen molar-refractivity contribution in [3.05, 3.63) is 76.5 Å². The van der Waals surface area contributed by atoms with Gasteiger partial charge >= 0.3 is 0 Å². The summed E-state index contributed by atoms with van der Waals surface area (Å²) in [7, 11) is 3.15. The third-order valence-electron chi connectivity index (χ3n) is 7.33. The zero-order valence-corrected chi connectivity index (χ0v) is 21.9. The number of benzene rings is 3. The molecule has 1 saturated heterocycles. The molecule has 3 aromatic rings. The third-order valence-corrected chi connectivity index (χ3v) is 7.33. The number of methoxy groups -OCH3 is 2. The van der Waals surface area contributed by atoms with E-state index >= 15 is 0 Å². The van der Waals surface area contributed by atoms with Gasteiger partial charge in [-0.05, 0) is 54.1 Å². The van der Waals surface area contributed by atoms with Gasteiger partial charge in [-0.1, -0.05) is 6.07 Å². The Kier molecular flexibility index (Phi) is 6.76. The van der Waals surface area contributed by atoms with E-state index in [4.69, 9.17) is 23.7 Å². The van der Waals surface area contributed by atoms with Crippen molar-refractivity contribution in [1.82, 2.24) is 9.80 Å². The van der Waals surface area contributed by atoms with E-state index in [9.17, 15) is 9.90 Å². The van der Waals surface area contributed by atoms with Gasteiger partial charge in [-0.3, -0.25) is 14.6 Å². The lowest BCUT2D eigenvalue weighted by molar-refractivity contribution is 0.101. The molecule has 1 N–H and O–H groups in total. The molecule has 0 atom stereocenters. The van der Waals surface area contributed by atoms with Gasteiger partial charge in [0.2, 0.25) is 12.6 Å². The van der Waals surface area contributed by atoms with E-state index in [2.05, 4.69) is 15.9 Å². The number of Topliss-reactive ketones (excluding diaryl/α,β-unsaturated/α-hetero) is 1. The second kappa shape index (κ2) is 10.5. The van der Waals surface area contributed by atoms with E-state index in [1.54, 1.807) is 50.6 Å². The van der Waals surface area contributed by atoms with Crippen LogP contribution in [-0.4, -0.2) is 67.9 Å². The van der Waals surface area contributed by atoms with E-state index in [0.717, 1.165) is 44.2 Å². The lowest BCUT2D eigenvalue weighted by Gasteiger charge is -2.35. The minimum atomic E-state index is -0.232. The molecule has 3 aliphatic rings. The Morgan fingerprint density at radius 1 is 0.897 bits per heavy atom. The van der Waals surface area contributed by atoms with Crippen LogP contribution in [0.4, 0.5) is 0 Å². The number of ketones is 1. The summed E-state index contributed by atoms with van der Waals surface area (Å²) in [5.74, 6) is 3.30. The number of hydrogen-bond acceptors (Lipinski definition) is 9. The minimum absolute atomic E-state index is 0.115. The number of rotatable bonds is 7. The molecule has 3 aliphatic heterocycles. The number of hydrogen-bond donors (Lipinski definition) is 1. The smallest absolute Gasteiger partial charge is 0.231 e. The zero-order chi connectivity index (χ0) is 26.9. The quantitative estimate of drug-likeness (QED) is 0.454. The van der Waals surface area contributed by atoms with Gasteiger partial charge in [0.25, 0.3) is 0 Å². The summed E-state index contributed by atoms with van der Waals surface area (Å²) in [6.45, 7) is 4.99. The largest absolute Gasteiger partial charge is 0.507 e. The van der Waals surface area contributed by atoms with Crippen LogP contribution in [0.15, 0.2) is 54.3 Å². The molecule has 0 aromatic heterocycles. The van der Waals surface area contributed by atoms with Gasteiger partial charge in [-0.2, -0.15) is 0 Å². The molecular formula is C30H30N2O7. The van der Waals surface area contributed by atoms with E-state index < -0.39 is 0 Å². The Labute approximate surface area is 226 Å². The molecule has 3 heterocycles. The highest BCUT2D eigenvalue weighted by molar-refractivity contribution is 6.15. The van der Waals surface area contributed by atoms with E-state index in [0.29, 0.717) is 40.5 Å². The summed E-state index contributed by atoms with van der Waals surface area (Å²) in [6, 6.07) is 14.6. The summed E-state index contributed by atoms with van der Waals surface area (Å²) in [4.78, 5) is 17.9. The molecule has 6 rings (SSSR count). The first-order chi connectivity index (χ1) is 19.0. The van der Waals surface area contributed by atoms with Crippen LogP contribution in [0.5, 0.6) is 34.5 Å². The van der Waals surface area contributed by atoms with Gasteiger partial charge in [-0.25, -0.2) is 0 Å². The van der Waals surface area contributed by atoms with Crippen LogP contribution in [0.1, 0.15) is 27.0 Å². The average Bonchev–Trinajstić information content (AvgIpc) is 3.55. The normalized spacial score (nSPS) is 17.8. The number of ether oxygens (including phenoxy) is 5. The van der Waals surface area contributed by atoms with Crippen molar-refractivity contribution in [3.63, 3.8) is 0 Å². The lowest BCUT2D eigenvalue weighted by atomic mass is 10.0. The molecule has 202 valence electrons. The van der Waals surface area contributed by atoms with E-state index in [1.165, 1.54) is 5.56 Å². The summed E-state index contributed by atoms with van der Waals surface area (Å²) in [5.41, 5.74) is 2.91. The Bertz CT molecular complexity index is 1440. The second-order valence-corrected chi connectivity index (χ2v) is 9.73. The molecule has 0 amide bonds. The zero-order valence-electron chi connectivity index (χ0n) is 21.9. The maximum Gasteiger partial charge on any atom is 0.231 e. The van der Waals surface area contributed by atoms with Crippen LogP contribution in [0.3, 0.4) is 0 Å². The fraction of sp³-hybridized carbons (Fsp3) is 0.300. The molecule has 9 nitrogen and oxygen atoms in total. The van der Waals surface area contributed by atoms with E-state index in [1.807, 2.05) is 12.1 Å². The molecule has 0 saturated carbocycles. The maximum absolute atomic E-state index is 13.2. The van der Waals surface area contributed by atoms with Gasteiger partial charge in [0.15, 0.2) is 17.3 Å². The number of carbonyl (C=O) groups is 1. The summed E-state index contributed by atoms with van der Waals surface area (Å²) in [5, 5.41) is 10.7. The highest BCUT2D eigenvalue weighted by Crippen LogP contribution is 2.41. The van der Waals surface area contributed by atoms with Crippen LogP contribution in [0.25, 0.3) is 6.08 Å². The first kappa shape index (κ1) is 25.1. The van der Waals surface area contributed by atoms with Gasteiger partial charge in [0.1, 0.15) is 23.0 Å². The lowest BCUT2D eigenvalue weighted by Crippen LogP contribution is -2.45. The number of phenols is 1. The van der Waals surface area contributed by atoms with Gasteiger partial charge in [0.05, 0.1) is 25.3 Å². The summed E-state index contributed by atoms with van der Waals surface area (Å²) < 4.78 is 27.8. The van der Waals surface area contributed by atoms with Crippen molar-refractivity contribution < 1.29 is 33.6 Å². The predicted molar refractivity (Wildman–Crippen MR) is 144 cm³/mol. The topological polar surface area (TPSA) is 89.9 Å². The summed E-state index contributed by atoms with van der Waals surface area (Å²) in [6.07, 6.45) is 1.65.